The average molecular weight is 413 g/mol. The summed E-state index contributed by atoms with van der Waals surface area (Å²) >= 11 is 0. The molecule has 3 rings (SSSR count). The van der Waals surface area contributed by atoms with Crippen LogP contribution in [0.2, 0.25) is 0 Å². The van der Waals surface area contributed by atoms with Crippen LogP contribution in [-0.2, 0) is 17.9 Å². The predicted octanol–water partition coefficient (Wildman–Crippen LogP) is 3.55. The van der Waals surface area contributed by atoms with E-state index in [1.807, 2.05) is 12.1 Å². The number of hydrogen-bond acceptors (Lipinski definition) is 5. The standard InChI is InChI=1S/C24H32N2O4/c1-17-6-5-7-18(14-17)16-26-12-10-19(11-13-26)24(27)25-15-20-8-9-21(28-2)23(30-4)22(20)29-3/h5-9,14,19H,10-13,15-16H2,1-4H3,(H,25,27). The minimum absolute atomic E-state index is 0.0462. The first kappa shape index (κ1) is 22.0. The van der Waals surface area contributed by atoms with E-state index in [0.29, 0.717) is 23.8 Å². The minimum Gasteiger partial charge on any atom is -0.493 e. The van der Waals surface area contributed by atoms with Gasteiger partial charge in [-0.3, -0.25) is 9.69 Å². The maximum atomic E-state index is 12.7. The molecule has 0 saturated carbocycles. The van der Waals surface area contributed by atoms with Gasteiger partial charge in [-0.15, -0.1) is 0 Å². The van der Waals surface area contributed by atoms with Crippen LogP contribution in [0.25, 0.3) is 0 Å². The highest BCUT2D eigenvalue weighted by Crippen LogP contribution is 2.39. The largest absolute Gasteiger partial charge is 0.493 e. The third kappa shape index (κ3) is 5.25. The maximum Gasteiger partial charge on any atom is 0.223 e. The van der Waals surface area contributed by atoms with E-state index in [1.165, 1.54) is 11.1 Å². The molecule has 2 aromatic carbocycles. The maximum absolute atomic E-state index is 12.7. The Morgan fingerprint density at radius 1 is 1.03 bits per heavy atom. The number of piperidine rings is 1. The second-order valence-electron chi connectivity index (χ2n) is 7.75. The highest BCUT2D eigenvalue weighted by atomic mass is 16.5. The molecule has 1 heterocycles. The molecule has 1 N–H and O–H groups in total. The number of carbonyl (C=O) groups is 1. The van der Waals surface area contributed by atoms with Crippen LogP contribution in [0, 0.1) is 12.8 Å². The van der Waals surface area contributed by atoms with E-state index >= 15 is 0 Å². The zero-order chi connectivity index (χ0) is 21.5. The summed E-state index contributed by atoms with van der Waals surface area (Å²) in [5.74, 6) is 1.87. The van der Waals surface area contributed by atoms with Crippen LogP contribution in [0.15, 0.2) is 36.4 Å². The van der Waals surface area contributed by atoms with Gasteiger partial charge in [0.25, 0.3) is 0 Å². The topological polar surface area (TPSA) is 60.0 Å². The number of rotatable bonds is 8. The molecule has 0 bridgehead atoms. The van der Waals surface area contributed by atoms with Gasteiger partial charge in [0.15, 0.2) is 11.5 Å². The van der Waals surface area contributed by atoms with Crippen molar-refractivity contribution in [3.8, 4) is 17.2 Å². The van der Waals surface area contributed by atoms with Gasteiger partial charge in [-0.25, -0.2) is 0 Å². The summed E-state index contributed by atoms with van der Waals surface area (Å²) in [6.45, 7) is 5.33. The number of ether oxygens (including phenoxy) is 3. The Balaban J connectivity index is 1.53. The van der Waals surface area contributed by atoms with Gasteiger partial charge in [0.2, 0.25) is 11.7 Å². The van der Waals surface area contributed by atoms with Gasteiger partial charge >= 0.3 is 0 Å². The average Bonchev–Trinajstić information content (AvgIpc) is 2.77. The smallest absolute Gasteiger partial charge is 0.223 e. The van der Waals surface area contributed by atoms with Crippen LogP contribution >= 0.6 is 0 Å². The van der Waals surface area contributed by atoms with E-state index in [1.54, 1.807) is 21.3 Å². The molecule has 0 aromatic heterocycles. The highest BCUT2D eigenvalue weighted by Gasteiger charge is 2.25. The first-order valence-electron chi connectivity index (χ1n) is 10.4. The van der Waals surface area contributed by atoms with Crippen LogP contribution in [0.5, 0.6) is 17.2 Å². The van der Waals surface area contributed by atoms with Gasteiger partial charge in [-0.2, -0.15) is 0 Å². The third-order valence-electron chi connectivity index (χ3n) is 5.69. The fraction of sp³-hybridized carbons (Fsp3) is 0.458. The fourth-order valence-electron chi connectivity index (χ4n) is 4.05. The van der Waals surface area contributed by atoms with Gasteiger partial charge in [0.05, 0.1) is 21.3 Å². The van der Waals surface area contributed by atoms with E-state index in [0.717, 1.165) is 38.0 Å². The van der Waals surface area contributed by atoms with Gasteiger partial charge < -0.3 is 19.5 Å². The number of benzene rings is 2. The number of hydrogen-bond donors (Lipinski definition) is 1. The number of nitrogens with one attached hydrogen (secondary N) is 1. The first-order valence-corrected chi connectivity index (χ1v) is 10.4. The van der Waals surface area contributed by atoms with Crippen molar-refractivity contribution in [2.45, 2.75) is 32.9 Å². The van der Waals surface area contributed by atoms with E-state index < -0.39 is 0 Å². The molecular weight excluding hydrogens is 380 g/mol. The lowest BCUT2D eigenvalue weighted by Gasteiger charge is -2.31. The number of amides is 1. The molecule has 0 unspecified atom stereocenters. The van der Waals surface area contributed by atoms with Gasteiger partial charge in [-0.05, 0) is 50.6 Å². The molecule has 2 aromatic rings. The van der Waals surface area contributed by atoms with Gasteiger partial charge in [-0.1, -0.05) is 29.8 Å². The lowest BCUT2D eigenvalue weighted by atomic mass is 9.95. The van der Waals surface area contributed by atoms with Crippen LogP contribution in [0.1, 0.15) is 29.5 Å². The quantitative estimate of drug-likeness (QED) is 0.719. The Kier molecular flexibility index (Phi) is 7.57. The van der Waals surface area contributed by atoms with E-state index in [4.69, 9.17) is 14.2 Å². The second-order valence-corrected chi connectivity index (χ2v) is 7.75. The molecule has 1 aliphatic heterocycles. The Hall–Kier alpha value is -2.73. The molecule has 0 radical (unpaired) electrons. The molecule has 1 aliphatic rings. The first-order chi connectivity index (χ1) is 14.5. The number of carbonyl (C=O) groups excluding carboxylic acids is 1. The summed E-state index contributed by atoms with van der Waals surface area (Å²) in [7, 11) is 4.75. The van der Waals surface area contributed by atoms with Crippen molar-refractivity contribution in [1.29, 1.82) is 0 Å². The molecule has 1 fully saturated rings. The molecular formula is C24H32N2O4. The summed E-state index contributed by atoms with van der Waals surface area (Å²) < 4.78 is 16.2. The number of nitrogens with zero attached hydrogens (tertiary/aromatic N) is 1. The lowest BCUT2D eigenvalue weighted by molar-refractivity contribution is -0.126. The molecule has 0 spiro atoms. The van der Waals surface area contributed by atoms with E-state index in [-0.39, 0.29) is 11.8 Å². The molecule has 0 aliphatic carbocycles. The summed E-state index contributed by atoms with van der Waals surface area (Å²) in [5.41, 5.74) is 3.48. The summed E-state index contributed by atoms with van der Waals surface area (Å²) in [4.78, 5) is 15.2. The summed E-state index contributed by atoms with van der Waals surface area (Å²) in [5, 5.41) is 3.07. The zero-order valence-electron chi connectivity index (χ0n) is 18.4. The Labute approximate surface area is 179 Å². The van der Waals surface area contributed by atoms with E-state index in [2.05, 4.69) is 41.4 Å². The van der Waals surface area contributed by atoms with Gasteiger partial charge in [0, 0.05) is 24.6 Å². The molecule has 162 valence electrons. The summed E-state index contributed by atoms with van der Waals surface area (Å²) in [6, 6.07) is 12.3. The lowest BCUT2D eigenvalue weighted by Crippen LogP contribution is -2.40. The number of likely N-dealkylation sites (tertiary alicyclic amines) is 1. The van der Waals surface area contributed by atoms with Crippen molar-refractivity contribution in [2.75, 3.05) is 34.4 Å². The van der Waals surface area contributed by atoms with Crippen molar-refractivity contribution in [3.05, 3.63) is 53.1 Å². The monoisotopic (exact) mass is 412 g/mol. The second kappa shape index (κ2) is 10.3. The molecule has 1 saturated heterocycles. The van der Waals surface area contributed by atoms with Gasteiger partial charge in [0.1, 0.15) is 0 Å². The SMILES string of the molecule is COc1ccc(CNC(=O)C2CCN(Cc3cccc(C)c3)CC2)c(OC)c1OC. The zero-order valence-corrected chi connectivity index (χ0v) is 18.4. The van der Waals surface area contributed by atoms with Crippen molar-refractivity contribution >= 4 is 5.91 Å². The van der Waals surface area contributed by atoms with Crippen LogP contribution < -0.4 is 19.5 Å². The minimum atomic E-state index is 0.0462. The van der Waals surface area contributed by atoms with Crippen molar-refractivity contribution in [2.24, 2.45) is 5.92 Å². The Bertz CT molecular complexity index is 860. The predicted molar refractivity (Wildman–Crippen MR) is 117 cm³/mol. The molecule has 6 nitrogen and oxygen atoms in total. The number of aryl methyl sites for hydroxylation is 1. The normalized spacial score (nSPS) is 14.9. The number of methoxy groups -OCH3 is 3. The fourth-order valence-corrected chi connectivity index (χ4v) is 4.05. The van der Waals surface area contributed by atoms with Crippen LogP contribution in [0.3, 0.4) is 0 Å². The van der Waals surface area contributed by atoms with E-state index in [9.17, 15) is 4.79 Å². The molecule has 1 amide bonds. The Morgan fingerprint density at radius 3 is 2.40 bits per heavy atom. The molecule has 6 heteroatoms. The third-order valence-corrected chi connectivity index (χ3v) is 5.69. The highest BCUT2D eigenvalue weighted by molar-refractivity contribution is 5.79. The molecule has 30 heavy (non-hydrogen) atoms. The van der Waals surface area contributed by atoms with Crippen molar-refractivity contribution in [3.63, 3.8) is 0 Å². The Morgan fingerprint density at radius 2 is 1.77 bits per heavy atom. The summed E-state index contributed by atoms with van der Waals surface area (Å²) in [6.07, 6.45) is 1.75. The molecule has 0 atom stereocenters. The van der Waals surface area contributed by atoms with Crippen molar-refractivity contribution < 1.29 is 19.0 Å². The van der Waals surface area contributed by atoms with Crippen molar-refractivity contribution in [1.82, 2.24) is 10.2 Å². The van der Waals surface area contributed by atoms with Crippen LogP contribution in [-0.4, -0.2) is 45.2 Å². The van der Waals surface area contributed by atoms with Crippen LogP contribution in [0.4, 0.5) is 0 Å².